The van der Waals surface area contributed by atoms with Crippen LogP contribution in [-0.2, 0) is 5.41 Å². The largest absolute Gasteiger partial charge is 0.364 e. The minimum atomic E-state index is -0.0489. The molecule has 0 atom stereocenters. The van der Waals surface area contributed by atoms with E-state index in [0.717, 1.165) is 17.9 Å². The molecule has 17 heavy (non-hydrogen) atoms. The topological polar surface area (TPSA) is 63.8 Å². The molecule has 1 heterocycles. The summed E-state index contributed by atoms with van der Waals surface area (Å²) in [4.78, 5) is 0. The van der Waals surface area contributed by atoms with Gasteiger partial charge in [-0.2, -0.15) is 5.10 Å². The summed E-state index contributed by atoms with van der Waals surface area (Å²) >= 11 is 0. The second-order valence-electron chi connectivity index (χ2n) is 6.10. The molecule has 1 aromatic heterocycles. The number of hydrogen-bond donors (Lipinski definition) is 2. The highest BCUT2D eigenvalue weighted by atomic mass is 15.2. The quantitative estimate of drug-likeness (QED) is 0.842. The molecule has 0 aliphatic rings. The molecule has 96 valence electrons. The van der Waals surface area contributed by atoms with Crippen LogP contribution in [0.1, 0.15) is 46.7 Å². The fourth-order valence-corrected chi connectivity index (χ4v) is 1.57. The van der Waals surface area contributed by atoms with Gasteiger partial charge in [0.05, 0.1) is 5.69 Å². The molecule has 0 radical (unpaired) electrons. The summed E-state index contributed by atoms with van der Waals surface area (Å²) in [5, 5.41) is 11.8. The lowest BCUT2D eigenvalue weighted by Crippen LogP contribution is -2.34. The van der Waals surface area contributed by atoms with Crippen molar-refractivity contribution in [1.82, 2.24) is 10.2 Å². The van der Waals surface area contributed by atoms with Crippen molar-refractivity contribution in [2.24, 2.45) is 5.73 Å². The summed E-state index contributed by atoms with van der Waals surface area (Å²) in [6.45, 7) is 11.3. The van der Waals surface area contributed by atoms with Crippen molar-refractivity contribution in [2.75, 3.05) is 11.9 Å². The molecule has 0 aliphatic carbocycles. The highest BCUT2D eigenvalue weighted by Gasteiger charge is 2.19. The SMILES string of the molecule is CC(C)(CCN)Nc1ccc(C(C)(C)C)nn1. The van der Waals surface area contributed by atoms with E-state index in [-0.39, 0.29) is 11.0 Å². The van der Waals surface area contributed by atoms with E-state index >= 15 is 0 Å². The number of rotatable bonds is 4. The zero-order valence-corrected chi connectivity index (χ0v) is 11.5. The number of nitrogens with two attached hydrogens (primary N) is 1. The molecule has 0 saturated carbocycles. The van der Waals surface area contributed by atoms with Gasteiger partial charge in [0.2, 0.25) is 0 Å². The van der Waals surface area contributed by atoms with E-state index in [1.807, 2.05) is 12.1 Å². The van der Waals surface area contributed by atoms with Gasteiger partial charge in [-0.15, -0.1) is 5.10 Å². The molecule has 1 aromatic rings. The average Bonchev–Trinajstić information content (AvgIpc) is 2.16. The monoisotopic (exact) mass is 236 g/mol. The summed E-state index contributed by atoms with van der Waals surface area (Å²) in [5.41, 5.74) is 6.56. The van der Waals surface area contributed by atoms with Crippen LogP contribution in [0.5, 0.6) is 0 Å². The smallest absolute Gasteiger partial charge is 0.149 e. The van der Waals surface area contributed by atoms with E-state index in [1.165, 1.54) is 0 Å². The van der Waals surface area contributed by atoms with Gasteiger partial charge < -0.3 is 11.1 Å². The second kappa shape index (κ2) is 5.00. The van der Waals surface area contributed by atoms with E-state index in [4.69, 9.17) is 5.73 Å². The zero-order chi connectivity index (χ0) is 13.1. The number of anilines is 1. The highest BCUT2D eigenvalue weighted by molar-refractivity contribution is 5.36. The number of nitrogens with one attached hydrogen (secondary N) is 1. The van der Waals surface area contributed by atoms with E-state index in [2.05, 4.69) is 50.1 Å². The maximum Gasteiger partial charge on any atom is 0.149 e. The molecule has 4 heteroatoms. The Hall–Kier alpha value is -1.16. The van der Waals surface area contributed by atoms with Crippen molar-refractivity contribution in [1.29, 1.82) is 0 Å². The molecule has 0 fully saturated rings. The van der Waals surface area contributed by atoms with E-state index in [0.29, 0.717) is 6.54 Å². The molecule has 0 unspecified atom stereocenters. The van der Waals surface area contributed by atoms with Gasteiger partial charge in [-0.3, -0.25) is 0 Å². The Morgan fingerprint density at radius 2 is 1.76 bits per heavy atom. The molecule has 0 aromatic carbocycles. The van der Waals surface area contributed by atoms with Crippen LogP contribution < -0.4 is 11.1 Å². The Balaban J connectivity index is 2.75. The summed E-state index contributed by atoms with van der Waals surface area (Å²) in [6.07, 6.45) is 0.899. The molecule has 0 amide bonds. The van der Waals surface area contributed by atoms with Crippen LogP contribution in [0.25, 0.3) is 0 Å². The first-order chi connectivity index (χ1) is 7.74. The second-order valence-corrected chi connectivity index (χ2v) is 6.10. The molecule has 0 bridgehead atoms. The third-order valence-corrected chi connectivity index (χ3v) is 2.67. The summed E-state index contributed by atoms with van der Waals surface area (Å²) < 4.78 is 0. The number of aromatic nitrogens is 2. The Labute approximate surface area is 104 Å². The third kappa shape index (κ3) is 4.30. The molecule has 3 N–H and O–H groups in total. The lowest BCUT2D eigenvalue weighted by molar-refractivity contribution is 0.520. The number of hydrogen-bond acceptors (Lipinski definition) is 4. The highest BCUT2D eigenvalue weighted by Crippen LogP contribution is 2.21. The van der Waals surface area contributed by atoms with Crippen molar-refractivity contribution in [3.63, 3.8) is 0 Å². The van der Waals surface area contributed by atoms with Crippen LogP contribution in [0.3, 0.4) is 0 Å². The zero-order valence-electron chi connectivity index (χ0n) is 11.5. The van der Waals surface area contributed by atoms with Crippen molar-refractivity contribution in [2.45, 2.75) is 52.0 Å². The fraction of sp³-hybridized carbons (Fsp3) is 0.692. The van der Waals surface area contributed by atoms with Crippen LogP contribution in [0, 0.1) is 0 Å². The van der Waals surface area contributed by atoms with Crippen molar-refractivity contribution >= 4 is 5.82 Å². The van der Waals surface area contributed by atoms with E-state index in [1.54, 1.807) is 0 Å². The maximum atomic E-state index is 5.57. The van der Waals surface area contributed by atoms with Gasteiger partial charge >= 0.3 is 0 Å². The maximum absolute atomic E-state index is 5.57. The Kier molecular flexibility index (Phi) is 4.09. The van der Waals surface area contributed by atoms with Gasteiger partial charge in [0, 0.05) is 11.0 Å². The molecule has 0 spiro atoms. The van der Waals surface area contributed by atoms with Gasteiger partial charge in [-0.1, -0.05) is 20.8 Å². The van der Waals surface area contributed by atoms with Gasteiger partial charge in [-0.05, 0) is 38.9 Å². The number of nitrogens with zero attached hydrogens (tertiary/aromatic N) is 2. The lowest BCUT2D eigenvalue weighted by Gasteiger charge is -2.26. The molecular weight excluding hydrogens is 212 g/mol. The van der Waals surface area contributed by atoms with Crippen LogP contribution in [-0.4, -0.2) is 22.3 Å². The lowest BCUT2D eigenvalue weighted by atomic mass is 9.92. The fourth-order valence-electron chi connectivity index (χ4n) is 1.57. The molecule has 1 rings (SSSR count). The summed E-state index contributed by atoms with van der Waals surface area (Å²) in [7, 11) is 0. The van der Waals surface area contributed by atoms with Crippen molar-refractivity contribution < 1.29 is 0 Å². The molecule has 0 saturated heterocycles. The van der Waals surface area contributed by atoms with Crippen molar-refractivity contribution in [3.8, 4) is 0 Å². The molecule has 0 aliphatic heterocycles. The minimum Gasteiger partial charge on any atom is -0.364 e. The minimum absolute atomic E-state index is 0.0400. The first-order valence-corrected chi connectivity index (χ1v) is 6.07. The van der Waals surface area contributed by atoms with E-state index < -0.39 is 0 Å². The first kappa shape index (κ1) is 13.9. The van der Waals surface area contributed by atoms with Crippen LogP contribution in [0.2, 0.25) is 0 Å². The van der Waals surface area contributed by atoms with Gasteiger partial charge in [-0.25, -0.2) is 0 Å². The van der Waals surface area contributed by atoms with Crippen LogP contribution >= 0.6 is 0 Å². The normalized spacial score (nSPS) is 12.6. The Morgan fingerprint density at radius 3 is 2.18 bits per heavy atom. The van der Waals surface area contributed by atoms with Crippen molar-refractivity contribution in [3.05, 3.63) is 17.8 Å². The predicted molar refractivity (Wildman–Crippen MR) is 72.1 cm³/mol. The molecular formula is C13H24N4. The van der Waals surface area contributed by atoms with Gasteiger partial charge in [0.1, 0.15) is 5.82 Å². The van der Waals surface area contributed by atoms with Crippen LogP contribution in [0.15, 0.2) is 12.1 Å². The Morgan fingerprint density at radius 1 is 1.12 bits per heavy atom. The van der Waals surface area contributed by atoms with Crippen LogP contribution in [0.4, 0.5) is 5.82 Å². The summed E-state index contributed by atoms with van der Waals surface area (Å²) in [6, 6.07) is 4.00. The first-order valence-electron chi connectivity index (χ1n) is 6.07. The third-order valence-electron chi connectivity index (χ3n) is 2.67. The predicted octanol–water partition coefficient (Wildman–Crippen LogP) is 2.31. The van der Waals surface area contributed by atoms with Gasteiger partial charge in [0.15, 0.2) is 0 Å². The van der Waals surface area contributed by atoms with Gasteiger partial charge in [0.25, 0.3) is 0 Å². The Bertz CT molecular complexity index is 349. The average molecular weight is 236 g/mol. The van der Waals surface area contributed by atoms with E-state index in [9.17, 15) is 0 Å². The standard InChI is InChI=1S/C13H24N4/c1-12(2,3)10-6-7-11(17-16-10)15-13(4,5)8-9-14/h6-7H,8-9,14H2,1-5H3,(H,15,17). The molecule has 4 nitrogen and oxygen atoms in total. The summed E-state index contributed by atoms with van der Waals surface area (Å²) in [5.74, 6) is 0.802.